The fourth-order valence-electron chi connectivity index (χ4n) is 2.48. The first-order valence-corrected chi connectivity index (χ1v) is 6.24. The number of halogens is 2. The van der Waals surface area contributed by atoms with E-state index in [1.165, 1.54) is 0 Å². The molecule has 2 atom stereocenters. The smallest absolute Gasteiger partial charge is 0.307 e. The molecule has 7 heteroatoms. The Balaban J connectivity index is 2.20. The van der Waals surface area contributed by atoms with Gasteiger partial charge in [-0.1, -0.05) is 13.8 Å². The summed E-state index contributed by atoms with van der Waals surface area (Å²) in [6.07, 6.45) is 0.400. The van der Waals surface area contributed by atoms with Crippen LogP contribution in [-0.2, 0) is 0 Å². The van der Waals surface area contributed by atoms with Gasteiger partial charge in [-0.05, 0) is 7.05 Å². The average molecular weight is 286 g/mol. The minimum absolute atomic E-state index is 0.223. The summed E-state index contributed by atoms with van der Waals surface area (Å²) in [6.45, 7) is 3.92. The lowest BCUT2D eigenvalue weighted by Crippen LogP contribution is -2.61. The third-order valence-electron chi connectivity index (χ3n) is 3.99. The number of hydrogen-bond donors (Lipinski definition) is 1. The number of nitrogens with one attached hydrogen (secondary N) is 1. The van der Waals surface area contributed by atoms with Gasteiger partial charge in [0.25, 0.3) is 0 Å². The van der Waals surface area contributed by atoms with Crippen LogP contribution in [0.3, 0.4) is 0 Å². The van der Waals surface area contributed by atoms with Crippen LogP contribution in [0, 0.1) is 27.2 Å². The first-order valence-electron chi connectivity index (χ1n) is 6.24. The van der Waals surface area contributed by atoms with Crippen molar-refractivity contribution >= 4 is 5.69 Å². The van der Waals surface area contributed by atoms with Gasteiger partial charge in [0.15, 0.2) is 11.6 Å². The van der Waals surface area contributed by atoms with Crippen LogP contribution in [0.2, 0.25) is 0 Å². The van der Waals surface area contributed by atoms with E-state index in [1.807, 2.05) is 20.9 Å². The Bertz CT molecular complexity index is 549. The molecule has 2 rings (SSSR count). The quantitative estimate of drug-likeness (QED) is 0.682. The highest BCUT2D eigenvalue weighted by atomic mass is 19.1. The second kappa shape index (κ2) is 4.97. The van der Waals surface area contributed by atoms with E-state index in [1.54, 1.807) is 0 Å². The van der Waals surface area contributed by atoms with E-state index < -0.39 is 22.2 Å². The maximum absolute atomic E-state index is 13.7. The van der Waals surface area contributed by atoms with Gasteiger partial charge in [-0.3, -0.25) is 10.1 Å². The van der Waals surface area contributed by atoms with Crippen molar-refractivity contribution in [3.63, 3.8) is 0 Å². The molecule has 1 aliphatic rings. The van der Waals surface area contributed by atoms with Crippen molar-refractivity contribution < 1.29 is 18.4 Å². The van der Waals surface area contributed by atoms with Crippen molar-refractivity contribution in [1.29, 1.82) is 0 Å². The lowest BCUT2D eigenvalue weighted by atomic mass is 9.64. The van der Waals surface area contributed by atoms with Crippen LogP contribution in [0.4, 0.5) is 14.5 Å². The van der Waals surface area contributed by atoms with E-state index in [2.05, 4.69) is 5.32 Å². The maximum Gasteiger partial charge on any atom is 0.307 e. The van der Waals surface area contributed by atoms with Gasteiger partial charge in [-0.15, -0.1) is 0 Å². The van der Waals surface area contributed by atoms with Crippen molar-refractivity contribution in [2.75, 3.05) is 7.05 Å². The van der Waals surface area contributed by atoms with E-state index in [0.29, 0.717) is 12.5 Å². The summed E-state index contributed by atoms with van der Waals surface area (Å²) in [5.74, 6) is -2.32. The molecule has 5 nitrogen and oxygen atoms in total. The monoisotopic (exact) mass is 286 g/mol. The molecule has 1 aromatic carbocycles. The van der Waals surface area contributed by atoms with Gasteiger partial charge in [-0.25, -0.2) is 4.39 Å². The molecule has 1 aromatic rings. The minimum Gasteiger partial charge on any atom is -0.487 e. The molecule has 0 spiro atoms. The van der Waals surface area contributed by atoms with Gasteiger partial charge in [-0.2, -0.15) is 4.39 Å². The molecule has 1 saturated carbocycles. The van der Waals surface area contributed by atoms with Crippen molar-refractivity contribution in [2.45, 2.75) is 32.4 Å². The Labute approximate surface area is 115 Å². The third kappa shape index (κ3) is 2.33. The molecular weight excluding hydrogens is 270 g/mol. The zero-order valence-electron chi connectivity index (χ0n) is 11.4. The Morgan fingerprint density at radius 1 is 1.40 bits per heavy atom. The molecule has 2 unspecified atom stereocenters. The topological polar surface area (TPSA) is 64.4 Å². The fraction of sp³-hybridized carbons (Fsp3) is 0.538. The molecular formula is C13H16F2N2O3. The number of benzene rings is 1. The van der Waals surface area contributed by atoms with Crippen LogP contribution in [0.5, 0.6) is 5.75 Å². The molecule has 1 fully saturated rings. The second-order valence-electron chi connectivity index (χ2n) is 5.50. The van der Waals surface area contributed by atoms with E-state index in [0.717, 1.165) is 6.07 Å². The van der Waals surface area contributed by atoms with E-state index >= 15 is 0 Å². The van der Waals surface area contributed by atoms with Crippen molar-refractivity contribution in [3.05, 3.63) is 33.9 Å². The van der Waals surface area contributed by atoms with Gasteiger partial charge >= 0.3 is 5.69 Å². The van der Waals surface area contributed by atoms with Gasteiger partial charge < -0.3 is 10.1 Å². The van der Waals surface area contributed by atoms with Crippen molar-refractivity contribution in [3.8, 4) is 5.75 Å². The summed E-state index contributed by atoms with van der Waals surface area (Å²) in [5, 5.41) is 13.6. The summed E-state index contributed by atoms with van der Waals surface area (Å²) >= 11 is 0. The molecule has 1 aliphatic carbocycles. The van der Waals surface area contributed by atoms with Gasteiger partial charge in [0.05, 0.1) is 11.0 Å². The number of nitrogens with zero attached hydrogens (tertiary/aromatic N) is 1. The number of hydrogen-bond acceptors (Lipinski definition) is 4. The Morgan fingerprint density at radius 2 is 2.05 bits per heavy atom. The zero-order chi connectivity index (χ0) is 15.1. The number of nitro benzene ring substituents is 1. The van der Waals surface area contributed by atoms with Crippen molar-refractivity contribution in [1.82, 2.24) is 5.32 Å². The SMILES string of the molecule is CNC1CC(Oc2cc(F)c([N+](=O)[O-])cc2F)C1(C)C. The van der Waals surface area contributed by atoms with E-state index in [4.69, 9.17) is 4.74 Å². The van der Waals surface area contributed by atoms with Gasteiger partial charge in [0.2, 0.25) is 5.82 Å². The Kier molecular flexibility index (Phi) is 3.64. The standard InChI is InChI=1S/C13H16F2N2O3/c1-13(2)11(16-3)6-12(13)20-10-5-7(14)9(17(18)19)4-8(10)15/h4-5,11-12,16H,6H2,1-3H3. The highest BCUT2D eigenvalue weighted by Crippen LogP contribution is 2.43. The highest BCUT2D eigenvalue weighted by molar-refractivity contribution is 5.39. The molecule has 0 bridgehead atoms. The summed E-state index contributed by atoms with van der Waals surface area (Å²) in [5.41, 5.74) is -1.12. The zero-order valence-corrected chi connectivity index (χ0v) is 11.4. The van der Waals surface area contributed by atoms with Crippen LogP contribution in [0.1, 0.15) is 20.3 Å². The molecule has 0 saturated heterocycles. The predicted molar refractivity (Wildman–Crippen MR) is 68.7 cm³/mol. The Morgan fingerprint density at radius 3 is 2.55 bits per heavy atom. The van der Waals surface area contributed by atoms with Crippen LogP contribution < -0.4 is 10.1 Å². The molecule has 110 valence electrons. The summed E-state index contributed by atoms with van der Waals surface area (Å²) < 4.78 is 32.7. The molecule has 0 aromatic heterocycles. The number of ether oxygens (including phenoxy) is 1. The summed E-state index contributed by atoms with van der Waals surface area (Å²) in [7, 11) is 1.83. The van der Waals surface area contributed by atoms with Crippen LogP contribution in [0.15, 0.2) is 12.1 Å². The fourth-order valence-corrected chi connectivity index (χ4v) is 2.48. The summed E-state index contributed by atoms with van der Waals surface area (Å²) in [4.78, 5) is 9.54. The van der Waals surface area contributed by atoms with Crippen LogP contribution >= 0.6 is 0 Å². The minimum atomic E-state index is -1.10. The highest BCUT2D eigenvalue weighted by Gasteiger charge is 2.49. The molecule has 0 amide bonds. The lowest BCUT2D eigenvalue weighted by molar-refractivity contribution is -0.387. The first kappa shape index (κ1) is 14.6. The normalized spacial score (nSPS) is 24.1. The molecule has 0 radical (unpaired) electrons. The van der Waals surface area contributed by atoms with E-state index in [9.17, 15) is 18.9 Å². The number of nitro groups is 1. The van der Waals surface area contributed by atoms with Crippen LogP contribution in [-0.4, -0.2) is 24.1 Å². The largest absolute Gasteiger partial charge is 0.487 e. The molecule has 0 heterocycles. The van der Waals surface area contributed by atoms with Crippen molar-refractivity contribution in [2.24, 2.45) is 5.41 Å². The van der Waals surface area contributed by atoms with Gasteiger partial charge in [0, 0.05) is 23.9 Å². The maximum atomic E-state index is 13.7. The van der Waals surface area contributed by atoms with E-state index in [-0.39, 0.29) is 23.3 Å². The Hall–Kier alpha value is -1.76. The molecule has 20 heavy (non-hydrogen) atoms. The number of rotatable bonds is 4. The second-order valence-corrected chi connectivity index (χ2v) is 5.50. The molecule has 0 aliphatic heterocycles. The first-order chi connectivity index (χ1) is 9.27. The molecule has 1 N–H and O–H groups in total. The average Bonchev–Trinajstić information content (AvgIpc) is 2.36. The predicted octanol–water partition coefficient (Wildman–Crippen LogP) is 2.64. The van der Waals surface area contributed by atoms with Crippen LogP contribution in [0.25, 0.3) is 0 Å². The summed E-state index contributed by atoms with van der Waals surface area (Å²) in [6, 6.07) is 1.51. The third-order valence-corrected chi connectivity index (χ3v) is 3.99. The lowest BCUT2D eigenvalue weighted by Gasteiger charge is -2.51. The van der Waals surface area contributed by atoms with Gasteiger partial charge in [0.1, 0.15) is 6.10 Å².